The Hall–Kier alpha value is -3.55. The summed E-state index contributed by atoms with van der Waals surface area (Å²) in [7, 11) is 0. The first-order chi connectivity index (χ1) is 17.0. The van der Waals surface area contributed by atoms with Crippen molar-refractivity contribution in [2.75, 3.05) is 6.54 Å². The third-order valence-corrected chi connectivity index (χ3v) is 5.30. The maximum absolute atomic E-state index is 13.0. The Kier molecular flexibility index (Phi) is 13.1. The summed E-state index contributed by atoms with van der Waals surface area (Å²) in [6.45, 7) is 1.52. The number of carbonyl (C=O) groups excluding carboxylic acids is 4. The average molecular weight is 509 g/mol. The number of carboxylic acids is 1. The van der Waals surface area contributed by atoms with Crippen molar-refractivity contribution in [3.8, 4) is 0 Å². The van der Waals surface area contributed by atoms with Gasteiger partial charge in [0.05, 0.1) is 18.6 Å². The number of aliphatic carboxylic acids is 1. The molecule has 0 aliphatic carbocycles. The van der Waals surface area contributed by atoms with Crippen LogP contribution < -0.4 is 33.2 Å². The molecule has 11 N–H and O–H groups in total. The average Bonchev–Trinajstić information content (AvgIpc) is 2.81. The summed E-state index contributed by atoms with van der Waals surface area (Å²) >= 11 is 0. The minimum absolute atomic E-state index is 0.0890. The number of nitrogens with one attached hydrogen (secondary N) is 3. The topological polar surface area (TPSA) is 240 Å². The van der Waals surface area contributed by atoms with Crippen molar-refractivity contribution in [1.29, 1.82) is 0 Å². The second-order valence-electron chi connectivity index (χ2n) is 8.44. The summed E-state index contributed by atoms with van der Waals surface area (Å²) in [4.78, 5) is 61.2. The Morgan fingerprint density at radius 1 is 0.917 bits per heavy atom. The molecule has 4 amide bonds. The van der Waals surface area contributed by atoms with Crippen molar-refractivity contribution >= 4 is 29.6 Å². The lowest BCUT2D eigenvalue weighted by Crippen LogP contribution is -2.58. The molecule has 1 rings (SSSR count). The number of hydrogen-bond donors (Lipinski definition) is 8. The molecule has 0 aliphatic heterocycles. The second kappa shape index (κ2) is 15.4. The van der Waals surface area contributed by atoms with E-state index < -0.39 is 66.3 Å². The van der Waals surface area contributed by atoms with Gasteiger partial charge in [-0.1, -0.05) is 30.3 Å². The van der Waals surface area contributed by atoms with E-state index >= 15 is 0 Å². The number of amides is 4. The van der Waals surface area contributed by atoms with Crippen molar-refractivity contribution < 1.29 is 34.2 Å². The van der Waals surface area contributed by atoms with Crippen LogP contribution in [0.5, 0.6) is 0 Å². The van der Waals surface area contributed by atoms with Gasteiger partial charge in [-0.2, -0.15) is 0 Å². The zero-order chi connectivity index (χ0) is 27.3. The van der Waals surface area contributed by atoms with Gasteiger partial charge in [0.2, 0.25) is 23.6 Å². The molecule has 0 fully saturated rings. The molecule has 0 aromatic heterocycles. The predicted molar refractivity (Wildman–Crippen MR) is 130 cm³/mol. The third-order valence-electron chi connectivity index (χ3n) is 5.30. The Morgan fingerprint density at radius 2 is 1.50 bits per heavy atom. The Morgan fingerprint density at radius 3 is 2.03 bits per heavy atom. The molecule has 36 heavy (non-hydrogen) atoms. The van der Waals surface area contributed by atoms with Crippen LogP contribution in [-0.2, 0) is 30.4 Å². The van der Waals surface area contributed by atoms with E-state index in [0.29, 0.717) is 19.4 Å². The highest BCUT2D eigenvalue weighted by atomic mass is 16.4. The molecule has 0 spiro atoms. The number of carboxylic acid groups (broad SMARTS) is 1. The molecule has 0 saturated carbocycles. The van der Waals surface area contributed by atoms with Gasteiger partial charge in [0.1, 0.15) is 12.1 Å². The number of aliphatic hydroxyl groups excluding tert-OH is 1. The summed E-state index contributed by atoms with van der Waals surface area (Å²) in [6, 6.07) is 3.65. The van der Waals surface area contributed by atoms with E-state index in [4.69, 9.17) is 17.2 Å². The highest BCUT2D eigenvalue weighted by molar-refractivity contribution is 5.96. The highest BCUT2D eigenvalue weighted by Gasteiger charge is 2.32. The molecule has 13 nitrogen and oxygen atoms in total. The van der Waals surface area contributed by atoms with E-state index in [1.807, 2.05) is 6.07 Å². The van der Waals surface area contributed by atoms with E-state index in [9.17, 15) is 34.2 Å². The van der Waals surface area contributed by atoms with E-state index in [1.165, 1.54) is 6.92 Å². The van der Waals surface area contributed by atoms with E-state index in [0.717, 1.165) is 5.56 Å². The molecule has 1 aromatic carbocycles. The molecular weight excluding hydrogens is 472 g/mol. The number of benzene rings is 1. The van der Waals surface area contributed by atoms with Gasteiger partial charge in [0.15, 0.2) is 6.04 Å². The van der Waals surface area contributed by atoms with Gasteiger partial charge in [0.25, 0.3) is 0 Å². The van der Waals surface area contributed by atoms with Gasteiger partial charge in [-0.15, -0.1) is 0 Å². The molecule has 5 atom stereocenters. The van der Waals surface area contributed by atoms with E-state index in [1.54, 1.807) is 24.3 Å². The Balaban J connectivity index is 2.97. The fraction of sp³-hybridized carbons (Fsp3) is 0.522. The Labute approximate surface area is 209 Å². The predicted octanol–water partition coefficient (Wildman–Crippen LogP) is -2.52. The number of primary amides is 1. The molecule has 1 aromatic rings. The zero-order valence-electron chi connectivity index (χ0n) is 20.2. The van der Waals surface area contributed by atoms with Crippen molar-refractivity contribution in [1.82, 2.24) is 16.0 Å². The van der Waals surface area contributed by atoms with Crippen LogP contribution in [0.4, 0.5) is 0 Å². The molecule has 200 valence electrons. The van der Waals surface area contributed by atoms with E-state index in [2.05, 4.69) is 16.0 Å². The molecule has 0 heterocycles. The van der Waals surface area contributed by atoms with Crippen LogP contribution in [0.25, 0.3) is 0 Å². The summed E-state index contributed by atoms with van der Waals surface area (Å²) in [6.07, 6.45) is -0.758. The SMILES string of the molecule is CC(O)C(NC(=O)C(CCCCN)NC(=O)C(CC(N)=O)NC(=O)C(N)Cc1ccccc1)C(=O)O. The lowest BCUT2D eigenvalue weighted by molar-refractivity contribution is -0.145. The van der Waals surface area contributed by atoms with Gasteiger partial charge in [-0.05, 0) is 44.7 Å². The van der Waals surface area contributed by atoms with Crippen LogP contribution in [0.3, 0.4) is 0 Å². The number of aliphatic hydroxyl groups is 1. The van der Waals surface area contributed by atoms with Crippen LogP contribution in [-0.4, -0.2) is 76.6 Å². The first-order valence-electron chi connectivity index (χ1n) is 11.6. The monoisotopic (exact) mass is 508 g/mol. The number of nitrogens with two attached hydrogens (primary N) is 3. The molecule has 0 radical (unpaired) electrons. The second-order valence-corrected chi connectivity index (χ2v) is 8.44. The molecule has 0 saturated heterocycles. The first kappa shape index (κ1) is 30.5. The summed E-state index contributed by atoms with van der Waals surface area (Å²) in [5.41, 5.74) is 17.5. The minimum atomic E-state index is -1.61. The Bertz CT molecular complexity index is 896. The van der Waals surface area contributed by atoms with Gasteiger partial charge in [-0.3, -0.25) is 19.2 Å². The maximum Gasteiger partial charge on any atom is 0.328 e. The van der Waals surface area contributed by atoms with Gasteiger partial charge in [-0.25, -0.2) is 4.79 Å². The fourth-order valence-corrected chi connectivity index (χ4v) is 3.33. The van der Waals surface area contributed by atoms with Gasteiger partial charge in [0, 0.05) is 0 Å². The molecule has 0 aliphatic rings. The van der Waals surface area contributed by atoms with Crippen molar-refractivity contribution in [3.63, 3.8) is 0 Å². The zero-order valence-corrected chi connectivity index (χ0v) is 20.2. The van der Waals surface area contributed by atoms with Crippen LogP contribution in [0.15, 0.2) is 30.3 Å². The molecule has 5 unspecified atom stereocenters. The normalized spacial score (nSPS) is 15.0. The summed E-state index contributed by atoms with van der Waals surface area (Å²) < 4.78 is 0. The maximum atomic E-state index is 13.0. The highest BCUT2D eigenvalue weighted by Crippen LogP contribution is 2.06. The van der Waals surface area contributed by atoms with Crippen molar-refractivity contribution in [2.45, 2.75) is 69.3 Å². The van der Waals surface area contributed by atoms with Crippen molar-refractivity contribution in [2.24, 2.45) is 17.2 Å². The molecule has 13 heteroatoms. The van der Waals surface area contributed by atoms with Crippen LogP contribution in [0.1, 0.15) is 38.2 Å². The van der Waals surface area contributed by atoms with Crippen LogP contribution >= 0.6 is 0 Å². The first-order valence-corrected chi connectivity index (χ1v) is 11.6. The number of unbranched alkanes of at least 4 members (excludes halogenated alkanes) is 1. The smallest absolute Gasteiger partial charge is 0.328 e. The van der Waals surface area contributed by atoms with Crippen molar-refractivity contribution in [3.05, 3.63) is 35.9 Å². The lowest BCUT2D eigenvalue weighted by Gasteiger charge is -2.25. The van der Waals surface area contributed by atoms with Crippen LogP contribution in [0.2, 0.25) is 0 Å². The standard InChI is InChI=1S/C23H36N6O7/c1-13(30)19(23(35)36)29-21(33)16(9-5-6-10-24)27-22(34)17(12-18(26)31)28-20(32)15(25)11-14-7-3-2-4-8-14/h2-4,7-8,13,15-17,19,30H,5-6,9-12,24-25H2,1H3,(H2,26,31)(H,27,34)(H,28,32)(H,29,33)(H,35,36). The van der Waals surface area contributed by atoms with Gasteiger partial charge >= 0.3 is 5.97 Å². The quantitative estimate of drug-likeness (QED) is 0.110. The number of carbonyl (C=O) groups is 5. The van der Waals surface area contributed by atoms with Gasteiger partial charge < -0.3 is 43.4 Å². The molecule has 0 bridgehead atoms. The van der Waals surface area contributed by atoms with E-state index in [-0.39, 0.29) is 12.8 Å². The largest absolute Gasteiger partial charge is 0.480 e. The third kappa shape index (κ3) is 10.8. The summed E-state index contributed by atoms with van der Waals surface area (Å²) in [5.74, 6) is -4.79. The van der Waals surface area contributed by atoms with Crippen LogP contribution in [0, 0.1) is 0 Å². The number of rotatable bonds is 16. The fourth-order valence-electron chi connectivity index (χ4n) is 3.33. The minimum Gasteiger partial charge on any atom is -0.480 e. The molecular formula is C23H36N6O7. The lowest BCUT2D eigenvalue weighted by atomic mass is 10.0. The summed E-state index contributed by atoms with van der Waals surface area (Å²) in [5, 5.41) is 25.9. The number of hydrogen-bond acceptors (Lipinski definition) is 8.